The van der Waals surface area contributed by atoms with E-state index in [0.717, 1.165) is 55.1 Å². The molecular formula is C30H53NO. The Bertz CT molecular complexity index is 655. The van der Waals surface area contributed by atoms with Crippen LogP contribution < -0.4 is 5.73 Å². The van der Waals surface area contributed by atoms with Gasteiger partial charge in [0, 0.05) is 6.61 Å². The predicted molar refractivity (Wildman–Crippen MR) is 136 cm³/mol. The third-order valence-corrected chi connectivity index (χ3v) is 11.0. The molecular weight excluding hydrogens is 390 g/mol. The Morgan fingerprint density at radius 2 is 1.81 bits per heavy atom. The van der Waals surface area contributed by atoms with E-state index in [-0.39, 0.29) is 0 Å². The molecule has 4 aliphatic rings. The average molecular weight is 444 g/mol. The highest BCUT2D eigenvalue weighted by atomic mass is 16.5. The molecule has 4 rings (SSSR count). The number of hydrogen-bond donors (Lipinski definition) is 1. The molecule has 8 unspecified atom stereocenters. The lowest BCUT2D eigenvalue weighted by molar-refractivity contribution is -0.0639. The first-order chi connectivity index (χ1) is 15.3. The van der Waals surface area contributed by atoms with E-state index in [1.807, 2.05) is 0 Å². The van der Waals surface area contributed by atoms with Crippen LogP contribution >= 0.6 is 0 Å². The fraction of sp³-hybridized carbons (Fsp3) is 0.933. The van der Waals surface area contributed by atoms with Gasteiger partial charge in [0.1, 0.15) is 0 Å². The van der Waals surface area contributed by atoms with E-state index in [1.54, 1.807) is 5.57 Å². The maximum Gasteiger partial charge on any atom is 0.0612 e. The fourth-order valence-corrected chi connectivity index (χ4v) is 9.13. The summed E-state index contributed by atoms with van der Waals surface area (Å²) in [6.45, 7) is 14.3. The van der Waals surface area contributed by atoms with Crippen molar-refractivity contribution in [2.24, 2.45) is 52.1 Å². The summed E-state index contributed by atoms with van der Waals surface area (Å²) in [6.07, 6.45) is 19.5. The van der Waals surface area contributed by atoms with Crippen molar-refractivity contribution in [2.75, 3.05) is 13.2 Å². The zero-order valence-corrected chi connectivity index (χ0v) is 22.0. The Morgan fingerprint density at radius 1 is 1.00 bits per heavy atom. The molecule has 0 saturated heterocycles. The van der Waals surface area contributed by atoms with Gasteiger partial charge in [-0.15, -0.1) is 0 Å². The van der Waals surface area contributed by atoms with E-state index in [1.165, 1.54) is 70.6 Å². The van der Waals surface area contributed by atoms with Gasteiger partial charge in [0.05, 0.1) is 6.10 Å². The summed E-state index contributed by atoms with van der Waals surface area (Å²) in [4.78, 5) is 0. The molecule has 0 aromatic heterocycles. The minimum atomic E-state index is 0.439. The monoisotopic (exact) mass is 443 g/mol. The number of allylic oxidation sites excluding steroid dienone is 1. The van der Waals surface area contributed by atoms with Crippen LogP contribution in [0.25, 0.3) is 0 Å². The zero-order chi connectivity index (χ0) is 22.9. The Morgan fingerprint density at radius 3 is 2.56 bits per heavy atom. The molecule has 0 bridgehead atoms. The number of nitrogens with two attached hydrogens (primary N) is 1. The second-order valence-electron chi connectivity index (χ2n) is 13.2. The summed E-state index contributed by atoms with van der Waals surface area (Å²) in [6, 6.07) is 0. The van der Waals surface area contributed by atoms with Crippen LogP contribution in [0, 0.1) is 46.3 Å². The van der Waals surface area contributed by atoms with Crippen LogP contribution in [0.5, 0.6) is 0 Å². The summed E-state index contributed by atoms with van der Waals surface area (Å²) in [5, 5.41) is 0. The van der Waals surface area contributed by atoms with Crippen LogP contribution in [0.3, 0.4) is 0 Å². The maximum absolute atomic E-state index is 6.21. The van der Waals surface area contributed by atoms with Gasteiger partial charge in [-0.05, 0) is 111 Å². The molecule has 32 heavy (non-hydrogen) atoms. The maximum atomic E-state index is 6.21. The van der Waals surface area contributed by atoms with Gasteiger partial charge in [-0.2, -0.15) is 0 Å². The average Bonchev–Trinajstić information content (AvgIpc) is 3.11. The summed E-state index contributed by atoms with van der Waals surface area (Å²) in [5.74, 6) is 5.55. The first kappa shape index (κ1) is 24.8. The van der Waals surface area contributed by atoms with E-state index >= 15 is 0 Å². The molecule has 0 spiro atoms. The molecule has 0 aromatic rings. The summed E-state index contributed by atoms with van der Waals surface area (Å²) < 4.78 is 6.21. The van der Waals surface area contributed by atoms with Crippen molar-refractivity contribution in [1.82, 2.24) is 0 Å². The van der Waals surface area contributed by atoms with E-state index in [4.69, 9.17) is 10.5 Å². The lowest BCUT2D eigenvalue weighted by Crippen LogP contribution is -2.51. The zero-order valence-electron chi connectivity index (χ0n) is 22.0. The molecule has 2 nitrogen and oxygen atoms in total. The van der Waals surface area contributed by atoms with Crippen LogP contribution in [-0.4, -0.2) is 19.3 Å². The van der Waals surface area contributed by atoms with Crippen LogP contribution in [0.1, 0.15) is 112 Å². The third kappa shape index (κ3) is 4.61. The van der Waals surface area contributed by atoms with Gasteiger partial charge in [0.15, 0.2) is 0 Å². The molecule has 0 aliphatic heterocycles. The van der Waals surface area contributed by atoms with Crippen LogP contribution in [0.4, 0.5) is 0 Å². The Labute approximate surface area is 199 Å². The van der Waals surface area contributed by atoms with E-state index in [2.05, 4.69) is 40.7 Å². The molecule has 184 valence electrons. The minimum Gasteiger partial charge on any atom is -0.378 e. The number of ether oxygens (including phenoxy) is 1. The van der Waals surface area contributed by atoms with Crippen molar-refractivity contribution in [3.63, 3.8) is 0 Å². The molecule has 2 heteroatoms. The molecule has 3 fully saturated rings. The molecule has 4 aliphatic carbocycles. The highest BCUT2D eigenvalue weighted by Gasteiger charge is 2.59. The minimum absolute atomic E-state index is 0.439. The lowest BCUT2D eigenvalue weighted by atomic mass is 9.47. The van der Waals surface area contributed by atoms with Crippen LogP contribution in [0.2, 0.25) is 0 Å². The lowest BCUT2D eigenvalue weighted by Gasteiger charge is -2.58. The van der Waals surface area contributed by atoms with Gasteiger partial charge in [-0.3, -0.25) is 0 Å². The standard InChI is InChI=1S/C30H53NO/c1-21(2)8-6-9-22(3)26-12-13-27-25-11-10-23-20-24(32-19-7-18-31)14-16-29(23,4)28(25)15-17-30(26,27)5/h10,21-22,24-28H,6-9,11-20,31H2,1-5H3. The third-order valence-electron chi connectivity index (χ3n) is 11.0. The normalized spacial score (nSPS) is 42.2. The second kappa shape index (κ2) is 10.1. The van der Waals surface area contributed by atoms with Gasteiger partial charge >= 0.3 is 0 Å². The van der Waals surface area contributed by atoms with Crippen LogP contribution in [-0.2, 0) is 4.74 Å². The second-order valence-corrected chi connectivity index (χ2v) is 13.2. The quantitative estimate of drug-likeness (QED) is 0.292. The van der Waals surface area contributed by atoms with Gasteiger partial charge < -0.3 is 10.5 Å². The van der Waals surface area contributed by atoms with Crippen molar-refractivity contribution in [2.45, 2.75) is 118 Å². The molecule has 0 amide bonds. The molecule has 0 radical (unpaired) electrons. The summed E-state index contributed by atoms with van der Waals surface area (Å²) in [5.41, 5.74) is 8.47. The van der Waals surface area contributed by atoms with E-state index in [0.29, 0.717) is 16.9 Å². The van der Waals surface area contributed by atoms with Gasteiger partial charge in [-0.25, -0.2) is 0 Å². The van der Waals surface area contributed by atoms with Crippen molar-refractivity contribution in [3.05, 3.63) is 11.6 Å². The van der Waals surface area contributed by atoms with Gasteiger partial charge in [0.25, 0.3) is 0 Å². The Kier molecular flexibility index (Phi) is 7.82. The smallest absolute Gasteiger partial charge is 0.0612 e. The number of hydrogen-bond acceptors (Lipinski definition) is 2. The van der Waals surface area contributed by atoms with Crippen LogP contribution in [0.15, 0.2) is 11.6 Å². The van der Waals surface area contributed by atoms with E-state index < -0.39 is 0 Å². The number of rotatable bonds is 9. The Hall–Kier alpha value is -0.340. The first-order valence-corrected chi connectivity index (χ1v) is 14.3. The molecule has 0 aromatic carbocycles. The SMILES string of the molecule is CC(C)CCCC(C)C1CCC2C3CC=C4CC(OCCCN)CCC4(C)C3CCC12C. The number of fused-ring (bicyclic) bond motifs is 5. The summed E-state index contributed by atoms with van der Waals surface area (Å²) in [7, 11) is 0. The fourth-order valence-electron chi connectivity index (χ4n) is 9.13. The summed E-state index contributed by atoms with van der Waals surface area (Å²) >= 11 is 0. The molecule has 0 heterocycles. The van der Waals surface area contributed by atoms with Crippen molar-refractivity contribution in [1.29, 1.82) is 0 Å². The Balaban J connectivity index is 1.42. The van der Waals surface area contributed by atoms with Crippen molar-refractivity contribution >= 4 is 0 Å². The van der Waals surface area contributed by atoms with Gasteiger partial charge in [-0.1, -0.05) is 65.5 Å². The molecule has 2 N–H and O–H groups in total. The topological polar surface area (TPSA) is 35.2 Å². The molecule has 3 saturated carbocycles. The highest BCUT2D eigenvalue weighted by molar-refractivity contribution is 5.25. The van der Waals surface area contributed by atoms with Gasteiger partial charge in [0.2, 0.25) is 0 Å². The van der Waals surface area contributed by atoms with E-state index in [9.17, 15) is 0 Å². The largest absolute Gasteiger partial charge is 0.378 e. The molecule has 8 atom stereocenters. The predicted octanol–water partition coefficient (Wildman–Crippen LogP) is 7.76. The highest BCUT2D eigenvalue weighted by Crippen LogP contribution is 2.67. The first-order valence-electron chi connectivity index (χ1n) is 14.3. The van der Waals surface area contributed by atoms with Crippen molar-refractivity contribution in [3.8, 4) is 0 Å². The van der Waals surface area contributed by atoms with Crippen molar-refractivity contribution < 1.29 is 4.74 Å².